The fourth-order valence-corrected chi connectivity index (χ4v) is 4.38. The van der Waals surface area contributed by atoms with Crippen molar-refractivity contribution < 1.29 is 9.90 Å². The topological polar surface area (TPSA) is 83.4 Å². The second kappa shape index (κ2) is 7.92. The van der Waals surface area contributed by atoms with Crippen LogP contribution in [0.5, 0.6) is 0 Å². The number of carbonyl (C=O) groups excluding carboxylic acids is 1. The van der Waals surface area contributed by atoms with Crippen molar-refractivity contribution in [2.75, 3.05) is 13.1 Å². The molecule has 144 valence electrons. The average molecular weight is 361 g/mol. The van der Waals surface area contributed by atoms with Crippen molar-refractivity contribution in [3.05, 3.63) is 33.7 Å². The number of hydrogen-bond acceptors (Lipinski definition) is 4. The molecule has 2 aliphatic rings. The van der Waals surface area contributed by atoms with E-state index in [1.807, 2.05) is 19.9 Å². The Morgan fingerprint density at radius 2 is 1.88 bits per heavy atom. The molecule has 26 heavy (non-hydrogen) atoms. The van der Waals surface area contributed by atoms with Gasteiger partial charge in [0, 0.05) is 18.8 Å². The first-order valence-corrected chi connectivity index (χ1v) is 9.78. The van der Waals surface area contributed by atoms with E-state index in [0.717, 1.165) is 44.5 Å². The minimum Gasteiger partial charge on any atom is -0.393 e. The molecule has 1 aliphatic carbocycles. The Morgan fingerprint density at radius 1 is 1.23 bits per heavy atom. The summed E-state index contributed by atoms with van der Waals surface area (Å²) in [5.41, 5.74) is 0.880. The van der Waals surface area contributed by atoms with Crippen LogP contribution >= 0.6 is 0 Å². The summed E-state index contributed by atoms with van der Waals surface area (Å²) in [7, 11) is 1.72. The van der Waals surface area contributed by atoms with E-state index >= 15 is 0 Å². The van der Waals surface area contributed by atoms with Crippen molar-refractivity contribution in [3.8, 4) is 0 Å². The average Bonchev–Trinajstić information content (AvgIpc) is 2.59. The van der Waals surface area contributed by atoms with Gasteiger partial charge < -0.3 is 20.3 Å². The zero-order valence-corrected chi connectivity index (χ0v) is 16.0. The standard InChI is InChI=1S/C20H31N3O3/c1-12(2)17-5-4-16(20(26)23(17)3)19(25)22-18(14-10-15(24)11-14)13-6-8-21-9-7-13/h4-5,12-15,18,21,24H,6-11H2,1-3H3,(H,22,25)/t14?,15?,18-/m0/s1. The number of piperidine rings is 1. The van der Waals surface area contributed by atoms with E-state index in [0.29, 0.717) is 11.8 Å². The van der Waals surface area contributed by atoms with Gasteiger partial charge in [-0.15, -0.1) is 0 Å². The van der Waals surface area contributed by atoms with Crippen LogP contribution in [0.4, 0.5) is 0 Å². The number of hydrogen-bond donors (Lipinski definition) is 3. The first-order valence-electron chi connectivity index (χ1n) is 9.78. The Labute approximate surface area is 155 Å². The van der Waals surface area contributed by atoms with Crippen LogP contribution in [0, 0.1) is 11.8 Å². The third-order valence-corrected chi connectivity index (χ3v) is 6.03. The van der Waals surface area contributed by atoms with Gasteiger partial charge in [0.2, 0.25) is 0 Å². The highest BCUT2D eigenvalue weighted by Crippen LogP contribution is 2.35. The third-order valence-electron chi connectivity index (χ3n) is 6.03. The molecule has 3 rings (SSSR count). The van der Waals surface area contributed by atoms with E-state index in [4.69, 9.17) is 0 Å². The number of amides is 1. The molecule has 6 heteroatoms. The normalized spacial score (nSPS) is 25.0. The highest BCUT2D eigenvalue weighted by molar-refractivity contribution is 5.94. The van der Waals surface area contributed by atoms with Gasteiger partial charge in [-0.2, -0.15) is 0 Å². The molecular weight excluding hydrogens is 330 g/mol. The van der Waals surface area contributed by atoms with Gasteiger partial charge in [-0.25, -0.2) is 0 Å². The molecule has 1 atom stereocenters. The molecule has 2 heterocycles. The Balaban J connectivity index is 1.79. The van der Waals surface area contributed by atoms with Gasteiger partial charge in [0.05, 0.1) is 6.10 Å². The highest BCUT2D eigenvalue weighted by Gasteiger charge is 2.39. The molecule has 0 unspecified atom stereocenters. The van der Waals surface area contributed by atoms with Crippen molar-refractivity contribution in [3.63, 3.8) is 0 Å². The van der Waals surface area contributed by atoms with Gasteiger partial charge >= 0.3 is 0 Å². The van der Waals surface area contributed by atoms with Crippen LogP contribution in [0.15, 0.2) is 16.9 Å². The molecule has 1 aliphatic heterocycles. The number of nitrogens with zero attached hydrogens (tertiary/aromatic N) is 1. The second-order valence-electron chi connectivity index (χ2n) is 8.16. The number of nitrogens with one attached hydrogen (secondary N) is 2. The number of pyridine rings is 1. The minimum atomic E-state index is -0.286. The molecule has 3 N–H and O–H groups in total. The van der Waals surface area contributed by atoms with Gasteiger partial charge in [0.1, 0.15) is 5.56 Å². The van der Waals surface area contributed by atoms with Gasteiger partial charge in [-0.3, -0.25) is 9.59 Å². The molecule has 1 aromatic rings. The maximum absolute atomic E-state index is 12.9. The maximum Gasteiger partial charge on any atom is 0.263 e. The first kappa shape index (κ1) is 19.1. The highest BCUT2D eigenvalue weighted by atomic mass is 16.3. The molecule has 0 spiro atoms. The number of aromatic nitrogens is 1. The number of aliphatic hydroxyl groups is 1. The Hall–Kier alpha value is -1.66. The smallest absolute Gasteiger partial charge is 0.263 e. The largest absolute Gasteiger partial charge is 0.393 e. The molecule has 0 aromatic carbocycles. The van der Waals surface area contributed by atoms with E-state index in [-0.39, 0.29) is 35.1 Å². The van der Waals surface area contributed by atoms with E-state index in [1.54, 1.807) is 17.7 Å². The van der Waals surface area contributed by atoms with Crippen molar-refractivity contribution in [1.29, 1.82) is 0 Å². The Morgan fingerprint density at radius 3 is 2.46 bits per heavy atom. The Kier molecular flexibility index (Phi) is 5.82. The van der Waals surface area contributed by atoms with E-state index < -0.39 is 0 Å². The van der Waals surface area contributed by atoms with Gasteiger partial charge in [-0.05, 0) is 68.7 Å². The predicted molar refractivity (Wildman–Crippen MR) is 101 cm³/mol. The van der Waals surface area contributed by atoms with Gasteiger partial charge in [0.25, 0.3) is 11.5 Å². The van der Waals surface area contributed by atoms with Crippen LogP contribution in [-0.4, -0.2) is 40.8 Å². The summed E-state index contributed by atoms with van der Waals surface area (Å²) in [6.07, 6.45) is 3.25. The van der Waals surface area contributed by atoms with E-state index in [1.165, 1.54) is 0 Å². The second-order valence-corrected chi connectivity index (χ2v) is 8.16. The third kappa shape index (κ3) is 3.86. The fourth-order valence-electron chi connectivity index (χ4n) is 4.38. The number of aliphatic hydroxyl groups excluding tert-OH is 1. The summed E-state index contributed by atoms with van der Waals surface area (Å²) in [5, 5.41) is 16.2. The molecule has 0 bridgehead atoms. The van der Waals surface area contributed by atoms with Crippen LogP contribution in [0.3, 0.4) is 0 Å². The zero-order valence-electron chi connectivity index (χ0n) is 16.0. The van der Waals surface area contributed by atoms with Crippen LogP contribution < -0.4 is 16.2 Å². The van der Waals surface area contributed by atoms with E-state index in [9.17, 15) is 14.7 Å². The summed E-state index contributed by atoms with van der Waals surface area (Å²) in [6.45, 7) is 5.97. The van der Waals surface area contributed by atoms with Crippen molar-refractivity contribution >= 4 is 5.91 Å². The van der Waals surface area contributed by atoms with Crippen LogP contribution in [0.2, 0.25) is 0 Å². The summed E-state index contributed by atoms with van der Waals surface area (Å²) in [6, 6.07) is 3.55. The van der Waals surface area contributed by atoms with Crippen molar-refractivity contribution in [1.82, 2.24) is 15.2 Å². The lowest BCUT2D eigenvalue weighted by atomic mass is 9.71. The SMILES string of the molecule is CC(C)c1ccc(C(=O)N[C@@H](C2CCNCC2)C2CC(O)C2)c(=O)n1C. The molecular formula is C20H31N3O3. The lowest BCUT2D eigenvalue weighted by Crippen LogP contribution is -2.53. The number of carbonyl (C=O) groups is 1. The minimum absolute atomic E-state index is 0.0301. The molecule has 1 aromatic heterocycles. The predicted octanol–water partition coefficient (Wildman–Crippen LogP) is 1.38. The molecule has 1 saturated carbocycles. The maximum atomic E-state index is 12.9. The van der Waals surface area contributed by atoms with Crippen LogP contribution in [0.25, 0.3) is 0 Å². The summed E-state index contributed by atoms with van der Waals surface area (Å²) < 4.78 is 1.58. The molecule has 0 radical (unpaired) electrons. The zero-order chi connectivity index (χ0) is 18.8. The molecule has 6 nitrogen and oxygen atoms in total. The monoisotopic (exact) mass is 361 g/mol. The lowest BCUT2D eigenvalue weighted by Gasteiger charge is -2.43. The van der Waals surface area contributed by atoms with Crippen molar-refractivity contribution in [2.45, 2.75) is 57.6 Å². The van der Waals surface area contributed by atoms with Gasteiger partial charge in [0.15, 0.2) is 0 Å². The van der Waals surface area contributed by atoms with Crippen LogP contribution in [0.1, 0.15) is 61.5 Å². The first-order chi connectivity index (χ1) is 12.4. The van der Waals surface area contributed by atoms with Gasteiger partial charge in [-0.1, -0.05) is 13.8 Å². The number of rotatable bonds is 5. The molecule has 2 fully saturated rings. The van der Waals surface area contributed by atoms with Crippen molar-refractivity contribution in [2.24, 2.45) is 18.9 Å². The lowest BCUT2D eigenvalue weighted by molar-refractivity contribution is 0.00916. The van der Waals surface area contributed by atoms with E-state index in [2.05, 4.69) is 10.6 Å². The quantitative estimate of drug-likeness (QED) is 0.740. The summed E-state index contributed by atoms with van der Waals surface area (Å²) >= 11 is 0. The molecule has 1 saturated heterocycles. The molecule has 1 amide bonds. The summed E-state index contributed by atoms with van der Waals surface area (Å²) in [5.74, 6) is 0.641. The fraction of sp³-hybridized carbons (Fsp3) is 0.700. The summed E-state index contributed by atoms with van der Waals surface area (Å²) in [4.78, 5) is 25.5. The van der Waals surface area contributed by atoms with Crippen LogP contribution in [-0.2, 0) is 7.05 Å². The Bertz CT molecular complexity index is 701.